The fraction of sp³-hybridized carbons (Fsp3) is 0.500. The number of hydrogen-bond donors (Lipinski definition) is 2. The molecule has 1 aliphatic rings. The topological polar surface area (TPSA) is 52.6 Å². The Labute approximate surface area is 108 Å². The van der Waals surface area contributed by atoms with E-state index in [1.54, 1.807) is 0 Å². The molecule has 2 rings (SSSR count). The van der Waals surface area contributed by atoms with Gasteiger partial charge in [-0.25, -0.2) is 0 Å². The number of aliphatic hydroxyl groups excluding tert-OH is 1. The Balaban J connectivity index is 2.26. The minimum absolute atomic E-state index is 0.0119. The van der Waals surface area contributed by atoms with Gasteiger partial charge in [0.2, 0.25) is 5.91 Å². The molecule has 1 amide bonds. The molecule has 2 unspecified atom stereocenters. The molecule has 98 valence electrons. The minimum atomic E-state index is -0.276. The van der Waals surface area contributed by atoms with Crippen molar-refractivity contribution in [2.24, 2.45) is 0 Å². The third-order valence-corrected chi connectivity index (χ3v) is 3.36. The Morgan fingerprint density at radius 3 is 2.78 bits per heavy atom. The lowest BCUT2D eigenvalue weighted by Crippen LogP contribution is -2.45. The highest BCUT2D eigenvalue weighted by Crippen LogP contribution is 2.21. The van der Waals surface area contributed by atoms with Crippen LogP contribution in [0, 0.1) is 0 Å². The lowest BCUT2D eigenvalue weighted by molar-refractivity contribution is -0.122. The van der Waals surface area contributed by atoms with E-state index in [-0.39, 0.29) is 24.6 Å². The molecule has 1 heterocycles. The van der Waals surface area contributed by atoms with Crippen LogP contribution in [0.2, 0.25) is 0 Å². The van der Waals surface area contributed by atoms with E-state index >= 15 is 0 Å². The van der Waals surface area contributed by atoms with Gasteiger partial charge in [0.05, 0.1) is 0 Å². The molecule has 0 saturated carbocycles. The standard InChI is InChI=1S/C14H20N2O2/c1-11-7-9-16(12-5-3-2-4-6-12)13(8-10-17)14(18)15-11/h2-6,11,13,17H,7-10H2,1H3,(H,15,18). The van der Waals surface area contributed by atoms with Gasteiger partial charge in [0.25, 0.3) is 0 Å². The zero-order valence-electron chi connectivity index (χ0n) is 10.7. The fourth-order valence-corrected chi connectivity index (χ4v) is 2.38. The first-order chi connectivity index (χ1) is 8.72. The van der Waals surface area contributed by atoms with Crippen molar-refractivity contribution in [3.8, 4) is 0 Å². The van der Waals surface area contributed by atoms with E-state index in [1.807, 2.05) is 37.3 Å². The van der Waals surface area contributed by atoms with E-state index in [9.17, 15) is 4.79 Å². The second kappa shape index (κ2) is 5.87. The Morgan fingerprint density at radius 1 is 1.39 bits per heavy atom. The van der Waals surface area contributed by atoms with Gasteiger partial charge in [0, 0.05) is 24.9 Å². The van der Waals surface area contributed by atoms with E-state index in [0.717, 1.165) is 18.7 Å². The van der Waals surface area contributed by atoms with Crippen molar-refractivity contribution in [3.63, 3.8) is 0 Å². The van der Waals surface area contributed by atoms with Crippen LogP contribution < -0.4 is 10.2 Å². The van der Waals surface area contributed by atoms with Gasteiger partial charge >= 0.3 is 0 Å². The molecule has 0 spiro atoms. The number of anilines is 1. The predicted octanol–water partition coefficient (Wildman–Crippen LogP) is 1.15. The van der Waals surface area contributed by atoms with Crippen LogP contribution in [0.1, 0.15) is 19.8 Å². The summed E-state index contributed by atoms with van der Waals surface area (Å²) in [5.74, 6) is 0.0119. The maximum absolute atomic E-state index is 12.1. The van der Waals surface area contributed by atoms with E-state index < -0.39 is 0 Å². The number of nitrogens with one attached hydrogen (secondary N) is 1. The van der Waals surface area contributed by atoms with Gasteiger partial charge in [-0.1, -0.05) is 18.2 Å². The molecule has 1 aromatic rings. The summed E-state index contributed by atoms with van der Waals surface area (Å²) < 4.78 is 0. The summed E-state index contributed by atoms with van der Waals surface area (Å²) in [6, 6.07) is 9.83. The van der Waals surface area contributed by atoms with Crippen molar-refractivity contribution in [2.45, 2.75) is 31.8 Å². The monoisotopic (exact) mass is 248 g/mol. The third kappa shape index (κ3) is 2.82. The number of carbonyl (C=O) groups excluding carboxylic acids is 1. The Hall–Kier alpha value is -1.55. The summed E-state index contributed by atoms with van der Waals surface area (Å²) in [6.07, 6.45) is 1.38. The number of para-hydroxylation sites is 1. The Morgan fingerprint density at radius 2 is 2.11 bits per heavy atom. The smallest absolute Gasteiger partial charge is 0.242 e. The average molecular weight is 248 g/mol. The van der Waals surface area contributed by atoms with Crippen molar-refractivity contribution in [1.82, 2.24) is 5.32 Å². The van der Waals surface area contributed by atoms with Gasteiger partial charge in [0.15, 0.2) is 0 Å². The van der Waals surface area contributed by atoms with Crippen LogP contribution in [-0.2, 0) is 4.79 Å². The van der Waals surface area contributed by atoms with Gasteiger partial charge in [-0.3, -0.25) is 4.79 Å². The van der Waals surface area contributed by atoms with Gasteiger partial charge in [-0.2, -0.15) is 0 Å². The normalized spacial score (nSPS) is 24.6. The molecule has 1 fully saturated rings. The molecule has 1 aliphatic heterocycles. The van der Waals surface area contributed by atoms with Crippen LogP contribution in [-0.4, -0.2) is 36.2 Å². The Bertz CT molecular complexity index is 394. The first-order valence-corrected chi connectivity index (χ1v) is 6.45. The zero-order valence-corrected chi connectivity index (χ0v) is 10.7. The van der Waals surface area contributed by atoms with Gasteiger partial charge < -0.3 is 15.3 Å². The second-order valence-electron chi connectivity index (χ2n) is 4.76. The predicted molar refractivity (Wildman–Crippen MR) is 71.5 cm³/mol. The molecule has 2 N–H and O–H groups in total. The van der Waals surface area contributed by atoms with Crippen LogP contribution >= 0.6 is 0 Å². The molecule has 0 radical (unpaired) electrons. The molecular weight excluding hydrogens is 228 g/mol. The minimum Gasteiger partial charge on any atom is -0.396 e. The van der Waals surface area contributed by atoms with Crippen LogP contribution in [0.25, 0.3) is 0 Å². The zero-order chi connectivity index (χ0) is 13.0. The summed E-state index contributed by atoms with van der Waals surface area (Å²) in [4.78, 5) is 14.2. The highest BCUT2D eigenvalue weighted by Gasteiger charge is 2.29. The van der Waals surface area contributed by atoms with E-state index in [4.69, 9.17) is 5.11 Å². The summed E-state index contributed by atoms with van der Waals surface area (Å²) in [5.41, 5.74) is 1.04. The van der Waals surface area contributed by atoms with Crippen molar-refractivity contribution in [2.75, 3.05) is 18.1 Å². The number of amides is 1. The molecule has 0 aliphatic carbocycles. The summed E-state index contributed by atoms with van der Waals surface area (Å²) in [6.45, 7) is 2.87. The van der Waals surface area contributed by atoms with Gasteiger partial charge in [-0.05, 0) is 31.9 Å². The summed E-state index contributed by atoms with van der Waals surface area (Å²) in [7, 11) is 0. The van der Waals surface area contributed by atoms with Crippen LogP contribution in [0.5, 0.6) is 0 Å². The number of benzene rings is 1. The first kappa shape index (κ1) is 12.9. The maximum Gasteiger partial charge on any atom is 0.242 e. The molecule has 0 bridgehead atoms. The molecule has 2 atom stereocenters. The van der Waals surface area contributed by atoms with Crippen molar-refractivity contribution in [1.29, 1.82) is 0 Å². The van der Waals surface area contributed by atoms with Crippen LogP contribution in [0.4, 0.5) is 5.69 Å². The molecule has 1 aromatic carbocycles. The summed E-state index contributed by atoms with van der Waals surface area (Å²) >= 11 is 0. The van der Waals surface area contributed by atoms with Crippen LogP contribution in [0.15, 0.2) is 30.3 Å². The molecular formula is C14H20N2O2. The Kier molecular flexibility index (Phi) is 4.20. The summed E-state index contributed by atoms with van der Waals surface area (Å²) in [5, 5.41) is 12.1. The highest BCUT2D eigenvalue weighted by atomic mass is 16.3. The van der Waals surface area contributed by atoms with E-state index in [0.29, 0.717) is 6.42 Å². The van der Waals surface area contributed by atoms with Gasteiger partial charge in [-0.15, -0.1) is 0 Å². The lowest BCUT2D eigenvalue weighted by Gasteiger charge is -2.30. The van der Waals surface area contributed by atoms with Crippen molar-refractivity contribution < 1.29 is 9.90 Å². The largest absolute Gasteiger partial charge is 0.396 e. The number of rotatable bonds is 3. The van der Waals surface area contributed by atoms with Gasteiger partial charge in [0.1, 0.15) is 6.04 Å². The molecule has 4 heteroatoms. The molecule has 4 nitrogen and oxygen atoms in total. The molecule has 18 heavy (non-hydrogen) atoms. The van der Waals surface area contributed by atoms with Crippen molar-refractivity contribution >= 4 is 11.6 Å². The van der Waals surface area contributed by atoms with E-state index in [1.165, 1.54) is 0 Å². The van der Waals surface area contributed by atoms with Crippen LogP contribution in [0.3, 0.4) is 0 Å². The maximum atomic E-state index is 12.1. The fourth-order valence-electron chi connectivity index (χ4n) is 2.38. The lowest BCUT2D eigenvalue weighted by atomic mass is 10.1. The third-order valence-electron chi connectivity index (χ3n) is 3.36. The van der Waals surface area contributed by atoms with E-state index in [2.05, 4.69) is 10.2 Å². The SMILES string of the molecule is CC1CCN(c2ccccc2)C(CCO)C(=O)N1. The molecule has 0 aromatic heterocycles. The second-order valence-corrected chi connectivity index (χ2v) is 4.76. The van der Waals surface area contributed by atoms with Crippen molar-refractivity contribution in [3.05, 3.63) is 30.3 Å². The number of carbonyl (C=O) groups is 1. The molecule has 1 saturated heterocycles. The number of nitrogens with zero attached hydrogens (tertiary/aromatic N) is 1. The quantitative estimate of drug-likeness (QED) is 0.844. The first-order valence-electron chi connectivity index (χ1n) is 6.45. The number of hydrogen-bond acceptors (Lipinski definition) is 3. The number of aliphatic hydroxyl groups is 1. The average Bonchev–Trinajstić information content (AvgIpc) is 2.51. The highest BCUT2D eigenvalue weighted by molar-refractivity contribution is 5.86.